The Labute approximate surface area is 155 Å². The Balaban J connectivity index is 1.58. The maximum absolute atomic E-state index is 12.9. The Morgan fingerprint density at radius 2 is 2.19 bits per heavy atom. The molecule has 1 amide bonds. The average Bonchev–Trinajstić information content (AvgIpc) is 3.04. The molecule has 3 aromatic rings. The number of benzene rings is 1. The van der Waals surface area contributed by atoms with Crippen LogP contribution in [-0.2, 0) is 19.4 Å². The number of hydrogen-bond donors (Lipinski definition) is 1. The molecule has 2 heterocycles. The molecule has 1 N–H and O–H groups in total. The van der Waals surface area contributed by atoms with Gasteiger partial charge in [-0.1, -0.05) is 19.1 Å². The first kappa shape index (κ1) is 17.0. The first-order valence-corrected chi connectivity index (χ1v) is 9.73. The summed E-state index contributed by atoms with van der Waals surface area (Å²) >= 11 is 1.69. The number of para-hydroxylation sites is 1. The van der Waals surface area contributed by atoms with Gasteiger partial charge in [0, 0.05) is 17.3 Å². The monoisotopic (exact) mass is 367 g/mol. The maximum Gasteiger partial charge on any atom is 0.258 e. The molecule has 1 aromatic carbocycles. The standard InChI is InChI=1S/C20H21N3O2S/c1-12-7-8-13-15(11-26-17(13)9-12)20(25)23(2)10-18-21-16-6-4-3-5-14(16)19(24)22-18/h3-6,11-12H,7-10H2,1-2H3,(H,21,22,24). The van der Waals surface area contributed by atoms with Crippen LogP contribution in [0.2, 0.25) is 0 Å². The minimum Gasteiger partial charge on any atom is -0.334 e. The summed E-state index contributed by atoms with van der Waals surface area (Å²) < 4.78 is 0. The molecule has 0 spiro atoms. The molecule has 0 saturated carbocycles. The second kappa shape index (κ2) is 6.68. The van der Waals surface area contributed by atoms with Crippen LogP contribution in [0.3, 0.4) is 0 Å². The highest BCUT2D eigenvalue weighted by molar-refractivity contribution is 7.10. The van der Waals surface area contributed by atoms with E-state index in [-0.39, 0.29) is 18.0 Å². The molecule has 1 unspecified atom stereocenters. The van der Waals surface area contributed by atoms with Crippen LogP contribution >= 0.6 is 11.3 Å². The Morgan fingerprint density at radius 1 is 1.38 bits per heavy atom. The van der Waals surface area contributed by atoms with Crippen molar-refractivity contribution in [1.82, 2.24) is 14.9 Å². The van der Waals surface area contributed by atoms with Gasteiger partial charge in [0.05, 0.1) is 23.0 Å². The van der Waals surface area contributed by atoms with Crippen molar-refractivity contribution < 1.29 is 4.79 Å². The zero-order valence-corrected chi connectivity index (χ0v) is 15.7. The largest absolute Gasteiger partial charge is 0.334 e. The van der Waals surface area contributed by atoms with Crippen molar-refractivity contribution in [2.24, 2.45) is 5.92 Å². The van der Waals surface area contributed by atoms with Gasteiger partial charge in [-0.25, -0.2) is 4.98 Å². The van der Waals surface area contributed by atoms with Crippen LogP contribution in [0.25, 0.3) is 10.9 Å². The van der Waals surface area contributed by atoms with Gasteiger partial charge in [-0.15, -0.1) is 11.3 Å². The Morgan fingerprint density at radius 3 is 3.04 bits per heavy atom. The second-order valence-corrected chi connectivity index (χ2v) is 8.05. The van der Waals surface area contributed by atoms with Crippen molar-refractivity contribution in [2.45, 2.75) is 32.7 Å². The highest BCUT2D eigenvalue weighted by Gasteiger charge is 2.25. The molecule has 0 bridgehead atoms. The average molecular weight is 367 g/mol. The molecule has 6 heteroatoms. The van der Waals surface area contributed by atoms with E-state index in [0.717, 1.165) is 24.8 Å². The molecule has 1 aliphatic carbocycles. The fraction of sp³-hybridized carbons (Fsp3) is 0.350. The van der Waals surface area contributed by atoms with Crippen molar-refractivity contribution >= 4 is 28.1 Å². The number of amides is 1. The van der Waals surface area contributed by atoms with E-state index in [9.17, 15) is 9.59 Å². The molecule has 134 valence electrons. The molecule has 1 aliphatic rings. The molecule has 4 rings (SSSR count). The molecule has 1 atom stereocenters. The number of nitrogens with one attached hydrogen (secondary N) is 1. The van der Waals surface area contributed by atoms with Crippen LogP contribution in [0.5, 0.6) is 0 Å². The summed E-state index contributed by atoms with van der Waals surface area (Å²) in [6.07, 6.45) is 3.17. The van der Waals surface area contributed by atoms with E-state index in [1.165, 1.54) is 10.4 Å². The number of aromatic nitrogens is 2. The quantitative estimate of drug-likeness (QED) is 0.772. The van der Waals surface area contributed by atoms with Gasteiger partial charge in [0.2, 0.25) is 0 Å². The summed E-state index contributed by atoms with van der Waals surface area (Å²) in [5.74, 6) is 1.18. The van der Waals surface area contributed by atoms with Gasteiger partial charge in [0.1, 0.15) is 5.82 Å². The fourth-order valence-corrected chi connectivity index (χ4v) is 4.81. The second-order valence-electron chi connectivity index (χ2n) is 7.09. The normalized spacial score (nSPS) is 16.5. The van der Waals surface area contributed by atoms with Gasteiger partial charge < -0.3 is 9.88 Å². The molecule has 26 heavy (non-hydrogen) atoms. The first-order chi connectivity index (χ1) is 12.5. The first-order valence-electron chi connectivity index (χ1n) is 8.85. The lowest BCUT2D eigenvalue weighted by atomic mass is 9.88. The number of rotatable bonds is 3. The summed E-state index contributed by atoms with van der Waals surface area (Å²) in [4.78, 5) is 35.4. The van der Waals surface area contributed by atoms with Gasteiger partial charge in [-0.3, -0.25) is 9.59 Å². The number of carbonyl (C=O) groups is 1. The van der Waals surface area contributed by atoms with Crippen LogP contribution in [-0.4, -0.2) is 27.8 Å². The lowest BCUT2D eigenvalue weighted by molar-refractivity contribution is 0.0780. The molecule has 5 nitrogen and oxygen atoms in total. The van der Waals surface area contributed by atoms with Gasteiger partial charge >= 0.3 is 0 Å². The summed E-state index contributed by atoms with van der Waals surface area (Å²) in [7, 11) is 1.76. The van der Waals surface area contributed by atoms with E-state index in [2.05, 4.69) is 16.9 Å². The Bertz CT molecular complexity index is 1040. The molecular weight excluding hydrogens is 346 g/mol. The summed E-state index contributed by atoms with van der Waals surface area (Å²) in [5, 5.41) is 2.55. The van der Waals surface area contributed by atoms with E-state index in [1.54, 1.807) is 29.4 Å². The number of aromatic amines is 1. The smallest absolute Gasteiger partial charge is 0.258 e. The van der Waals surface area contributed by atoms with Crippen molar-refractivity contribution in [3.05, 3.63) is 61.8 Å². The van der Waals surface area contributed by atoms with E-state index >= 15 is 0 Å². The van der Waals surface area contributed by atoms with Crippen LogP contribution in [0.15, 0.2) is 34.4 Å². The maximum atomic E-state index is 12.9. The minimum absolute atomic E-state index is 0.00661. The SMILES string of the molecule is CC1CCc2c(C(=O)N(C)Cc3nc4ccccc4c(=O)[nH]3)csc2C1. The van der Waals surface area contributed by atoms with E-state index in [0.29, 0.717) is 22.6 Å². The lowest BCUT2D eigenvalue weighted by Crippen LogP contribution is -2.29. The Kier molecular flexibility index (Phi) is 4.36. The van der Waals surface area contributed by atoms with Crippen molar-refractivity contribution in [1.29, 1.82) is 0 Å². The van der Waals surface area contributed by atoms with Crippen LogP contribution < -0.4 is 5.56 Å². The molecular formula is C20H21N3O2S. The molecule has 0 radical (unpaired) electrons. The summed E-state index contributed by atoms with van der Waals surface area (Å²) in [6.45, 7) is 2.54. The van der Waals surface area contributed by atoms with Gasteiger partial charge in [-0.05, 0) is 42.9 Å². The zero-order chi connectivity index (χ0) is 18.3. The van der Waals surface area contributed by atoms with Crippen LogP contribution in [0, 0.1) is 5.92 Å². The highest BCUT2D eigenvalue weighted by atomic mass is 32.1. The molecule has 2 aromatic heterocycles. The van der Waals surface area contributed by atoms with Crippen molar-refractivity contribution in [2.75, 3.05) is 7.05 Å². The summed E-state index contributed by atoms with van der Waals surface area (Å²) in [5.41, 5.74) is 2.50. The van der Waals surface area contributed by atoms with Crippen LogP contribution in [0.1, 0.15) is 40.0 Å². The number of H-pyrrole nitrogens is 1. The van der Waals surface area contributed by atoms with E-state index in [4.69, 9.17) is 0 Å². The van der Waals surface area contributed by atoms with Crippen LogP contribution in [0.4, 0.5) is 0 Å². The highest BCUT2D eigenvalue weighted by Crippen LogP contribution is 2.33. The van der Waals surface area contributed by atoms with Gasteiger partial charge in [0.25, 0.3) is 11.5 Å². The number of fused-ring (bicyclic) bond motifs is 2. The molecule has 0 saturated heterocycles. The van der Waals surface area contributed by atoms with E-state index in [1.807, 2.05) is 23.6 Å². The Hall–Kier alpha value is -2.47. The number of thiophene rings is 1. The molecule has 0 aliphatic heterocycles. The fourth-order valence-electron chi connectivity index (χ4n) is 3.57. The van der Waals surface area contributed by atoms with Gasteiger partial charge in [-0.2, -0.15) is 0 Å². The lowest BCUT2D eigenvalue weighted by Gasteiger charge is -2.21. The minimum atomic E-state index is -0.173. The van der Waals surface area contributed by atoms with Crippen molar-refractivity contribution in [3.8, 4) is 0 Å². The van der Waals surface area contributed by atoms with Gasteiger partial charge in [0.15, 0.2) is 0 Å². The predicted molar refractivity (Wildman–Crippen MR) is 104 cm³/mol. The third-order valence-corrected chi connectivity index (χ3v) is 6.08. The summed E-state index contributed by atoms with van der Waals surface area (Å²) in [6, 6.07) is 7.23. The van der Waals surface area contributed by atoms with Crippen molar-refractivity contribution in [3.63, 3.8) is 0 Å². The number of carbonyl (C=O) groups excluding carboxylic acids is 1. The third kappa shape index (κ3) is 3.05. The number of hydrogen-bond acceptors (Lipinski definition) is 4. The number of nitrogens with zero attached hydrogens (tertiary/aromatic N) is 2. The molecule has 0 fully saturated rings. The zero-order valence-electron chi connectivity index (χ0n) is 14.9. The predicted octanol–water partition coefficient (Wildman–Crippen LogP) is 3.38. The van der Waals surface area contributed by atoms with E-state index < -0.39 is 0 Å². The topological polar surface area (TPSA) is 66.1 Å². The third-order valence-electron chi connectivity index (χ3n) is 5.03.